The molecular formula is C24H25FN2O5. The molecule has 3 aromatic rings. The predicted molar refractivity (Wildman–Crippen MR) is 118 cm³/mol. The van der Waals surface area contributed by atoms with E-state index in [4.69, 9.17) is 4.74 Å². The SMILES string of the molecule is CC(C)(C)OC(=O)CCCCc1nc2cc(C(=O)O)ccc2c(=O)n1-c1ccc(F)cc1. The van der Waals surface area contributed by atoms with Gasteiger partial charge in [0.2, 0.25) is 0 Å². The lowest BCUT2D eigenvalue weighted by atomic mass is 10.1. The van der Waals surface area contributed by atoms with Crippen LogP contribution in [0.25, 0.3) is 16.6 Å². The van der Waals surface area contributed by atoms with Crippen LogP contribution in [-0.2, 0) is 16.0 Å². The minimum absolute atomic E-state index is 0.0276. The Bertz CT molecular complexity index is 1210. The predicted octanol–water partition coefficient (Wildman–Crippen LogP) is 4.28. The number of aromatic nitrogens is 2. The summed E-state index contributed by atoms with van der Waals surface area (Å²) in [4.78, 5) is 41.0. The smallest absolute Gasteiger partial charge is 0.335 e. The molecule has 0 aliphatic rings. The molecule has 0 fully saturated rings. The van der Waals surface area contributed by atoms with Gasteiger partial charge in [0, 0.05) is 12.8 Å². The van der Waals surface area contributed by atoms with Crippen molar-refractivity contribution >= 4 is 22.8 Å². The third-order valence-electron chi connectivity index (χ3n) is 4.72. The number of fused-ring (bicyclic) bond motifs is 1. The fourth-order valence-electron chi connectivity index (χ4n) is 3.33. The Morgan fingerprint density at radius 1 is 1.09 bits per heavy atom. The third kappa shape index (κ3) is 5.57. The number of aryl methyl sites for hydroxylation is 1. The maximum absolute atomic E-state index is 13.4. The van der Waals surface area contributed by atoms with Gasteiger partial charge in [-0.1, -0.05) is 0 Å². The average Bonchev–Trinajstić information content (AvgIpc) is 2.70. The van der Waals surface area contributed by atoms with E-state index < -0.39 is 17.4 Å². The third-order valence-corrected chi connectivity index (χ3v) is 4.72. The molecule has 0 atom stereocenters. The Labute approximate surface area is 184 Å². The average molecular weight is 440 g/mol. The van der Waals surface area contributed by atoms with Gasteiger partial charge < -0.3 is 9.84 Å². The zero-order valence-electron chi connectivity index (χ0n) is 18.2. The summed E-state index contributed by atoms with van der Waals surface area (Å²) >= 11 is 0. The van der Waals surface area contributed by atoms with Crippen molar-refractivity contribution in [3.8, 4) is 5.69 Å². The van der Waals surface area contributed by atoms with E-state index in [-0.39, 0.29) is 34.4 Å². The summed E-state index contributed by atoms with van der Waals surface area (Å²) in [5.41, 5.74) is -0.173. The number of nitrogens with zero attached hydrogens (tertiary/aromatic N) is 2. The topological polar surface area (TPSA) is 98.5 Å². The highest BCUT2D eigenvalue weighted by molar-refractivity contribution is 5.92. The van der Waals surface area contributed by atoms with Crippen LogP contribution in [0.2, 0.25) is 0 Å². The summed E-state index contributed by atoms with van der Waals surface area (Å²) in [5, 5.41) is 9.52. The van der Waals surface area contributed by atoms with Crippen LogP contribution >= 0.6 is 0 Å². The molecule has 1 aromatic heterocycles. The number of carbonyl (C=O) groups is 2. The highest BCUT2D eigenvalue weighted by atomic mass is 19.1. The van der Waals surface area contributed by atoms with Gasteiger partial charge in [0.1, 0.15) is 17.2 Å². The lowest BCUT2D eigenvalue weighted by molar-refractivity contribution is -0.154. The number of ether oxygens (including phenoxy) is 1. The van der Waals surface area contributed by atoms with Gasteiger partial charge in [-0.25, -0.2) is 14.2 Å². The number of carboxylic acids is 1. The molecule has 0 saturated carbocycles. The summed E-state index contributed by atoms with van der Waals surface area (Å²) in [5.74, 6) is -1.44. The number of hydrogen-bond acceptors (Lipinski definition) is 5. The molecule has 0 aliphatic carbocycles. The Kier molecular flexibility index (Phi) is 6.72. The molecule has 0 amide bonds. The van der Waals surface area contributed by atoms with Gasteiger partial charge in [0.05, 0.1) is 22.2 Å². The number of benzene rings is 2. The zero-order valence-corrected chi connectivity index (χ0v) is 18.2. The first-order valence-electron chi connectivity index (χ1n) is 10.3. The molecule has 0 saturated heterocycles. The van der Waals surface area contributed by atoms with E-state index in [1.165, 1.54) is 47.0 Å². The first-order chi connectivity index (χ1) is 15.0. The van der Waals surface area contributed by atoms with Crippen molar-refractivity contribution in [1.82, 2.24) is 9.55 Å². The number of unbranched alkanes of at least 4 members (excludes halogenated alkanes) is 1. The molecule has 8 heteroatoms. The second-order valence-electron chi connectivity index (χ2n) is 8.48. The van der Waals surface area contributed by atoms with Gasteiger partial charge in [-0.05, 0) is 76.1 Å². The molecule has 2 aromatic carbocycles. The summed E-state index contributed by atoms with van der Waals surface area (Å²) in [6.45, 7) is 5.41. The van der Waals surface area contributed by atoms with Crippen molar-refractivity contribution < 1.29 is 23.8 Å². The molecule has 1 N–H and O–H groups in total. The van der Waals surface area contributed by atoms with Crippen molar-refractivity contribution in [2.24, 2.45) is 0 Å². The van der Waals surface area contributed by atoms with Gasteiger partial charge in [-0.2, -0.15) is 0 Å². The normalized spacial score (nSPS) is 11.5. The van der Waals surface area contributed by atoms with Gasteiger partial charge in [0.25, 0.3) is 5.56 Å². The highest BCUT2D eigenvalue weighted by Crippen LogP contribution is 2.18. The first kappa shape index (κ1) is 23.1. The molecule has 0 bridgehead atoms. The second kappa shape index (κ2) is 9.30. The first-order valence-corrected chi connectivity index (χ1v) is 10.3. The molecule has 32 heavy (non-hydrogen) atoms. The molecular weight excluding hydrogens is 415 g/mol. The van der Waals surface area contributed by atoms with Crippen LogP contribution in [0.1, 0.15) is 56.2 Å². The monoisotopic (exact) mass is 440 g/mol. The van der Waals surface area contributed by atoms with Gasteiger partial charge >= 0.3 is 11.9 Å². The minimum atomic E-state index is -1.12. The summed E-state index contributed by atoms with van der Waals surface area (Å²) in [6.07, 6.45) is 1.68. The number of halogens is 1. The lowest BCUT2D eigenvalue weighted by Crippen LogP contribution is -2.24. The van der Waals surface area contributed by atoms with Crippen LogP contribution in [0.5, 0.6) is 0 Å². The number of carboxylic acid groups (broad SMARTS) is 1. The van der Waals surface area contributed by atoms with Crippen LogP contribution < -0.4 is 5.56 Å². The molecule has 7 nitrogen and oxygen atoms in total. The summed E-state index contributed by atoms with van der Waals surface area (Å²) < 4.78 is 20.1. The van der Waals surface area contributed by atoms with Gasteiger partial charge in [-0.15, -0.1) is 0 Å². The van der Waals surface area contributed by atoms with E-state index in [0.717, 1.165) is 0 Å². The fraction of sp³-hybridized carbons (Fsp3) is 0.333. The Morgan fingerprint density at radius 3 is 2.41 bits per heavy atom. The fourth-order valence-corrected chi connectivity index (χ4v) is 3.33. The zero-order chi connectivity index (χ0) is 23.5. The Balaban J connectivity index is 1.93. The number of carbonyl (C=O) groups excluding carboxylic acids is 1. The van der Waals surface area contributed by atoms with Crippen molar-refractivity contribution in [3.05, 3.63) is 70.0 Å². The number of aromatic carboxylic acids is 1. The summed E-state index contributed by atoms with van der Waals surface area (Å²) in [6, 6.07) is 9.62. The maximum atomic E-state index is 13.4. The van der Waals surface area contributed by atoms with Crippen LogP contribution in [-0.4, -0.2) is 32.2 Å². The number of hydrogen-bond donors (Lipinski definition) is 1. The molecule has 0 aliphatic heterocycles. The van der Waals surface area contributed by atoms with Crippen LogP contribution in [0.4, 0.5) is 4.39 Å². The standard InChI is InChI=1S/C24H25FN2O5/c1-24(2,3)32-21(28)7-5-4-6-20-26-19-14-15(23(30)31)8-13-18(19)22(29)27(20)17-11-9-16(25)10-12-17/h8-14H,4-7H2,1-3H3,(H,30,31). The van der Waals surface area contributed by atoms with Gasteiger partial charge in [0.15, 0.2) is 0 Å². The molecule has 0 spiro atoms. The van der Waals surface area contributed by atoms with Crippen molar-refractivity contribution in [1.29, 1.82) is 0 Å². The molecule has 3 rings (SSSR count). The molecule has 1 heterocycles. The van der Waals surface area contributed by atoms with Crippen molar-refractivity contribution in [3.63, 3.8) is 0 Å². The maximum Gasteiger partial charge on any atom is 0.335 e. The van der Waals surface area contributed by atoms with E-state index in [9.17, 15) is 23.9 Å². The number of esters is 1. The molecule has 0 unspecified atom stereocenters. The summed E-state index contributed by atoms with van der Waals surface area (Å²) in [7, 11) is 0. The van der Waals surface area contributed by atoms with E-state index in [0.29, 0.717) is 30.8 Å². The largest absolute Gasteiger partial charge is 0.478 e. The van der Waals surface area contributed by atoms with E-state index in [2.05, 4.69) is 4.98 Å². The molecule has 168 valence electrons. The van der Waals surface area contributed by atoms with Crippen LogP contribution in [0.3, 0.4) is 0 Å². The number of rotatable bonds is 7. The highest BCUT2D eigenvalue weighted by Gasteiger charge is 2.17. The lowest BCUT2D eigenvalue weighted by Gasteiger charge is -2.19. The van der Waals surface area contributed by atoms with Gasteiger partial charge in [-0.3, -0.25) is 14.2 Å². The second-order valence-corrected chi connectivity index (χ2v) is 8.48. The minimum Gasteiger partial charge on any atom is -0.478 e. The van der Waals surface area contributed by atoms with E-state index in [1.54, 1.807) is 20.8 Å². The van der Waals surface area contributed by atoms with Crippen LogP contribution in [0, 0.1) is 5.82 Å². The van der Waals surface area contributed by atoms with Crippen LogP contribution in [0.15, 0.2) is 47.3 Å². The quantitative estimate of drug-likeness (QED) is 0.435. The molecule has 0 radical (unpaired) electrons. The Morgan fingerprint density at radius 2 is 1.78 bits per heavy atom. The Hall–Kier alpha value is -3.55. The van der Waals surface area contributed by atoms with E-state index in [1.807, 2.05) is 0 Å². The van der Waals surface area contributed by atoms with Crippen molar-refractivity contribution in [2.45, 2.75) is 52.1 Å². The van der Waals surface area contributed by atoms with Crippen molar-refractivity contribution in [2.75, 3.05) is 0 Å². The van der Waals surface area contributed by atoms with E-state index >= 15 is 0 Å².